The lowest BCUT2D eigenvalue weighted by atomic mass is 10.0. The largest absolute Gasteiger partial charge is 0.357 e. The van der Waals surface area contributed by atoms with Gasteiger partial charge in [0.1, 0.15) is 5.01 Å². The number of hydrogen-bond donors (Lipinski definition) is 1. The first kappa shape index (κ1) is 14.3. The molecule has 0 bridgehead atoms. The van der Waals surface area contributed by atoms with Crippen molar-refractivity contribution in [3.8, 4) is 0 Å². The van der Waals surface area contributed by atoms with Gasteiger partial charge < -0.3 is 10.2 Å². The van der Waals surface area contributed by atoms with Crippen LogP contribution in [0.25, 0.3) is 0 Å². The second-order valence-electron chi connectivity index (χ2n) is 5.23. The molecule has 1 N–H and O–H groups in total. The summed E-state index contributed by atoms with van der Waals surface area (Å²) in [4.78, 5) is 12.7. The number of guanidine groups is 1. The highest BCUT2D eigenvalue weighted by Gasteiger charge is 2.19. The van der Waals surface area contributed by atoms with Crippen molar-refractivity contribution in [1.82, 2.24) is 15.2 Å². The molecule has 2 heterocycles. The van der Waals surface area contributed by atoms with E-state index in [4.69, 9.17) is 4.99 Å². The molecule has 106 valence electrons. The van der Waals surface area contributed by atoms with Crippen molar-refractivity contribution in [1.29, 1.82) is 0 Å². The topological polar surface area (TPSA) is 40.5 Å². The first-order valence-corrected chi connectivity index (χ1v) is 7.95. The van der Waals surface area contributed by atoms with Gasteiger partial charge in [0.15, 0.2) is 5.96 Å². The van der Waals surface area contributed by atoms with Crippen molar-refractivity contribution in [2.24, 2.45) is 10.9 Å². The number of thiazole rings is 1. The lowest BCUT2D eigenvalue weighted by Gasteiger charge is -2.33. The van der Waals surface area contributed by atoms with Crippen LogP contribution in [0.2, 0.25) is 0 Å². The van der Waals surface area contributed by atoms with Gasteiger partial charge in [-0.15, -0.1) is 11.3 Å². The van der Waals surface area contributed by atoms with Crippen LogP contribution in [0.4, 0.5) is 0 Å². The molecular formula is C14H24N4S. The number of nitrogens with one attached hydrogen (secondary N) is 1. The first-order chi connectivity index (χ1) is 9.19. The van der Waals surface area contributed by atoms with Crippen LogP contribution in [0.1, 0.15) is 36.6 Å². The van der Waals surface area contributed by atoms with Crippen LogP contribution >= 0.6 is 11.3 Å². The standard InChI is InChI=1S/C14H24N4S/c1-4-15-14(18-7-5-6-11(2)10-18)17-9-13-16-8-12(3)19-13/h8,11H,4-7,9-10H2,1-3H3,(H,15,17). The van der Waals surface area contributed by atoms with Crippen LogP contribution in [0, 0.1) is 12.8 Å². The third-order valence-corrected chi connectivity index (χ3v) is 4.22. The first-order valence-electron chi connectivity index (χ1n) is 7.13. The second-order valence-corrected chi connectivity index (χ2v) is 6.55. The van der Waals surface area contributed by atoms with Crippen LogP contribution in [-0.2, 0) is 6.54 Å². The van der Waals surface area contributed by atoms with E-state index in [9.17, 15) is 0 Å². The number of aromatic nitrogens is 1. The van der Waals surface area contributed by atoms with E-state index in [1.807, 2.05) is 6.20 Å². The van der Waals surface area contributed by atoms with Crippen molar-refractivity contribution in [3.63, 3.8) is 0 Å². The number of likely N-dealkylation sites (tertiary alicyclic amines) is 1. The Morgan fingerprint density at radius 1 is 1.63 bits per heavy atom. The Kier molecular flexibility index (Phi) is 5.19. The summed E-state index contributed by atoms with van der Waals surface area (Å²) in [6.07, 6.45) is 4.52. The van der Waals surface area contributed by atoms with Crippen molar-refractivity contribution in [3.05, 3.63) is 16.1 Å². The van der Waals surface area contributed by atoms with Crippen molar-refractivity contribution < 1.29 is 0 Å². The molecule has 1 aliphatic heterocycles. The maximum absolute atomic E-state index is 4.73. The monoisotopic (exact) mass is 280 g/mol. The van der Waals surface area contributed by atoms with Gasteiger partial charge in [0.25, 0.3) is 0 Å². The molecule has 2 rings (SSSR count). The van der Waals surface area contributed by atoms with Gasteiger partial charge in [-0.25, -0.2) is 9.98 Å². The fourth-order valence-electron chi connectivity index (χ4n) is 2.42. The predicted octanol–water partition coefficient (Wildman–Crippen LogP) is 2.65. The fourth-order valence-corrected chi connectivity index (χ4v) is 3.14. The number of nitrogens with zero attached hydrogens (tertiary/aromatic N) is 3. The minimum Gasteiger partial charge on any atom is -0.357 e. The van der Waals surface area contributed by atoms with Crippen LogP contribution in [0.15, 0.2) is 11.2 Å². The molecule has 1 saturated heterocycles. The molecule has 0 saturated carbocycles. The van der Waals surface area contributed by atoms with Crippen LogP contribution in [0.5, 0.6) is 0 Å². The van der Waals surface area contributed by atoms with E-state index < -0.39 is 0 Å². The molecule has 0 spiro atoms. The SMILES string of the molecule is CCNC(=NCc1ncc(C)s1)N1CCCC(C)C1. The number of rotatable bonds is 3. The van der Waals surface area contributed by atoms with Crippen LogP contribution in [0.3, 0.4) is 0 Å². The average Bonchev–Trinajstić information content (AvgIpc) is 2.80. The molecule has 4 nitrogen and oxygen atoms in total. The second kappa shape index (κ2) is 6.89. The quantitative estimate of drug-likeness (QED) is 0.683. The molecule has 1 aromatic heterocycles. The molecule has 5 heteroatoms. The van der Waals surface area contributed by atoms with E-state index in [2.05, 4.69) is 36.0 Å². The number of hydrogen-bond acceptors (Lipinski definition) is 3. The smallest absolute Gasteiger partial charge is 0.194 e. The highest BCUT2D eigenvalue weighted by molar-refractivity contribution is 7.11. The van der Waals surface area contributed by atoms with E-state index in [1.54, 1.807) is 11.3 Å². The summed E-state index contributed by atoms with van der Waals surface area (Å²) in [5, 5.41) is 4.50. The number of aryl methyl sites for hydroxylation is 1. The molecule has 0 aliphatic carbocycles. The molecule has 1 aromatic rings. The highest BCUT2D eigenvalue weighted by atomic mass is 32.1. The van der Waals surface area contributed by atoms with Crippen molar-refractivity contribution in [2.75, 3.05) is 19.6 Å². The average molecular weight is 280 g/mol. The Balaban J connectivity index is 2.01. The van der Waals surface area contributed by atoms with Crippen LogP contribution in [-0.4, -0.2) is 35.5 Å². The van der Waals surface area contributed by atoms with Crippen molar-refractivity contribution >= 4 is 17.3 Å². The fraction of sp³-hybridized carbons (Fsp3) is 0.714. The van der Waals surface area contributed by atoms with E-state index in [0.29, 0.717) is 6.54 Å². The summed E-state index contributed by atoms with van der Waals surface area (Å²) < 4.78 is 0. The third-order valence-electron chi connectivity index (χ3n) is 3.32. The van der Waals surface area contributed by atoms with Gasteiger partial charge in [0.2, 0.25) is 0 Å². The summed E-state index contributed by atoms with van der Waals surface area (Å²) in [7, 11) is 0. The minimum absolute atomic E-state index is 0.686. The molecular weight excluding hydrogens is 256 g/mol. The maximum Gasteiger partial charge on any atom is 0.194 e. The van der Waals surface area contributed by atoms with Gasteiger partial charge in [0, 0.05) is 30.7 Å². The summed E-state index contributed by atoms with van der Waals surface area (Å²) in [5.74, 6) is 1.81. The molecule has 1 aliphatic rings. The predicted molar refractivity (Wildman–Crippen MR) is 81.6 cm³/mol. The molecule has 1 fully saturated rings. The molecule has 1 atom stereocenters. The molecule has 0 amide bonds. The third kappa shape index (κ3) is 4.20. The van der Waals surface area contributed by atoms with E-state index >= 15 is 0 Å². The summed E-state index contributed by atoms with van der Waals surface area (Å²) in [6.45, 7) is 10.4. The Labute approximate surface area is 120 Å². The zero-order chi connectivity index (χ0) is 13.7. The minimum atomic E-state index is 0.686. The van der Waals surface area contributed by atoms with Gasteiger partial charge in [-0.1, -0.05) is 6.92 Å². The Bertz CT molecular complexity index is 427. The van der Waals surface area contributed by atoms with Crippen LogP contribution < -0.4 is 5.32 Å². The Morgan fingerprint density at radius 2 is 2.47 bits per heavy atom. The van der Waals surface area contributed by atoms with E-state index in [0.717, 1.165) is 36.5 Å². The lowest BCUT2D eigenvalue weighted by Crippen LogP contribution is -2.46. The zero-order valence-corrected chi connectivity index (χ0v) is 13.0. The van der Waals surface area contributed by atoms with Gasteiger partial charge in [-0.3, -0.25) is 0 Å². The summed E-state index contributed by atoms with van der Waals surface area (Å²) >= 11 is 1.73. The number of aliphatic imine (C=N–C) groups is 1. The van der Waals surface area contributed by atoms with Gasteiger partial charge in [0.05, 0.1) is 6.54 Å². The normalized spacial score (nSPS) is 20.7. The van der Waals surface area contributed by atoms with Gasteiger partial charge >= 0.3 is 0 Å². The van der Waals surface area contributed by atoms with Gasteiger partial charge in [-0.05, 0) is 32.6 Å². The van der Waals surface area contributed by atoms with E-state index in [-0.39, 0.29) is 0 Å². The Morgan fingerprint density at radius 3 is 3.11 bits per heavy atom. The van der Waals surface area contributed by atoms with Crippen molar-refractivity contribution in [2.45, 2.75) is 40.2 Å². The molecule has 1 unspecified atom stereocenters. The molecule has 19 heavy (non-hydrogen) atoms. The highest BCUT2D eigenvalue weighted by Crippen LogP contribution is 2.16. The maximum atomic E-state index is 4.73. The molecule has 0 radical (unpaired) electrons. The zero-order valence-electron chi connectivity index (χ0n) is 12.1. The van der Waals surface area contributed by atoms with E-state index in [1.165, 1.54) is 17.7 Å². The Hall–Kier alpha value is -1.10. The number of piperidine rings is 1. The van der Waals surface area contributed by atoms with Gasteiger partial charge in [-0.2, -0.15) is 0 Å². The summed E-state index contributed by atoms with van der Waals surface area (Å²) in [6, 6.07) is 0. The summed E-state index contributed by atoms with van der Waals surface area (Å²) in [5.41, 5.74) is 0. The lowest BCUT2D eigenvalue weighted by molar-refractivity contribution is 0.266. The molecule has 0 aromatic carbocycles.